The Labute approximate surface area is 83.5 Å². The minimum absolute atomic E-state index is 0. The zero-order chi connectivity index (χ0) is 5.11. The van der Waals surface area contributed by atoms with Crippen LogP contribution in [0.1, 0.15) is 12.8 Å². The summed E-state index contributed by atoms with van der Waals surface area (Å²) in [6, 6.07) is 0. The van der Waals surface area contributed by atoms with Crippen LogP contribution in [0.5, 0.6) is 0 Å². The van der Waals surface area contributed by atoms with Crippen LogP contribution in [0.25, 0.3) is 0 Å². The van der Waals surface area contributed by atoms with Gasteiger partial charge in [0.1, 0.15) is 0 Å². The average molecular weight is 241 g/mol. The quantitative estimate of drug-likeness (QED) is 0.403. The van der Waals surface area contributed by atoms with Gasteiger partial charge in [0.15, 0.2) is 0 Å². The molecule has 0 spiro atoms. The van der Waals surface area contributed by atoms with Crippen LogP contribution in [0.3, 0.4) is 0 Å². The fourth-order valence-electron chi connectivity index (χ4n) is 0.603. The third kappa shape index (κ3) is 5.39. The summed E-state index contributed by atoms with van der Waals surface area (Å²) in [5, 5.41) is 0. The van der Waals surface area contributed by atoms with E-state index in [0.717, 1.165) is 0 Å². The summed E-state index contributed by atoms with van der Waals surface area (Å²) < 4.78 is 1.59. The maximum absolute atomic E-state index is 2.22. The number of halogens is 2. The second-order valence-corrected chi connectivity index (χ2v) is 3.24. The van der Waals surface area contributed by atoms with Gasteiger partial charge < -0.3 is 24.8 Å². The topological polar surface area (TPSA) is 0 Å². The first-order chi connectivity index (χ1) is 3.39. The molecule has 0 fully saturated rings. The van der Waals surface area contributed by atoms with Crippen molar-refractivity contribution < 1.29 is 49.5 Å². The van der Waals surface area contributed by atoms with Crippen LogP contribution in [0.2, 0.25) is 0 Å². The standard InChI is InChI=1S/C6H7.2ClH.Zr/c1-2-4-6-5-3-1;;;/h1-3H,4,6H2;2*1H;/q;;;+2/p-2. The van der Waals surface area contributed by atoms with Crippen molar-refractivity contribution in [2.24, 2.45) is 0 Å². The van der Waals surface area contributed by atoms with E-state index in [2.05, 4.69) is 18.2 Å². The van der Waals surface area contributed by atoms with Gasteiger partial charge in [-0.2, -0.15) is 0 Å². The van der Waals surface area contributed by atoms with Gasteiger partial charge in [0.25, 0.3) is 0 Å². The zero-order valence-corrected chi connectivity index (χ0v) is 8.87. The van der Waals surface area contributed by atoms with Crippen molar-refractivity contribution >= 4 is 0 Å². The van der Waals surface area contributed by atoms with E-state index in [1.54, 1.807) is 28.0 Å². The van der Waals surface area contributed by atoms with E-state index in [9.17, 15) is 0 Å². The van der Waals surface area contributed by atoms with Crippen LogP contribution >= 0.6 is 0 Å². The van der Waals surface area contributed by atoms with Crippen molar-refractivity contribution in [2.75, 3.05) is 0 Å². The van der Waals surface area contributed by atoms with E-state index < -0.39 is 0 Å². The van der Waals surface area contributed by atoms with Crippen molar-refractivity contribution in [3.05, 3.63) is 21.5 Å². The van der Waals surface area contributed by atoms with E-state index in [1.165, 1.54) is 12.8 Å². The summed E-state index contributed by atoms with van der Waals surface area (Å²) in [6.45, 7) is 0. The molecular formula is C6H7Cl2Zr. The summed E-state index contributed by atoms with van der Waals surface area (Å²) in [7, 11) is 0. The molecule has 0 amide bonds. The summed E-state index contributed by atoms with van der Waals surface area (Å²) in [4.78, 5) is 0. The van der Waals surface area contributed by atoms with Gasteiger partial charge in [-0.25, -0.2) is 0 Å². The second kappa shape index (κ2) is 7.05. The van der Waals surface area contributed by atoms with Crippen LogP contribution in [-0.2, 0) is 24.7 Å². The molecule has 3 heteroatoms. The molecule has 0 aromatic rings. The van der Waals surface area contributed by atoms with Gasteiger partial charge in [-0.15, -0.1) is 0 Å². The molecule has 0 aromatic carbocycles. The van der Waals surface area contributed by atoms with Gasteiger partial charge in [-0.3, -0.25) is 0 Å². The number of hydrogen-bond donors (Lipinski definition) is 0. The Hall–Kier alpha value is 0.943. The molecule has 0 aromatic heterocycles. The first-order valence-electron chi connectivity index (χ1n) is 2.47. The van der Waals surface area contributed by atoms with Crippen molar-refractivity contribution in [3.8, 4) is 0 Å². The van der Waals surface area contributed by atoms with Gasteiger partial charge in [0.2, 0.25) is 0 Å². The molecule has 9 heavy (non-hydrogen) atoms. The predicted molar refractivity (Wildman–Crippen MR) is 26.5 cm³/mol. The molecule has 0 nitrogen and oxygen atoms in total. The molecule has 0 bridgehead atoms. The van der Waals surface area contributed by atoms with E-state index >= 15 is 0 Å². The van der Waals surface area contributed by atoms with E-state index in [0.29, 0.717) is 0 Å². The Morgan fingerprint density at radius 1 is 1.33 bits per heavy atom. The Kier molecular flexibility index (Phi) is 9.88. The molecule has 0 saturated carbocycles. The first-order valence-corrected chi connectivity index (χ1v) is 3.70. The van der Waals surface area contributed by atoms with Gasteiger partial charge in [0, 0.05) is 0 Å². The van der Waals surface area contributed by atoms with Crippen molar-refractivity contribution in [2.45, 2.75) is 12.8 Å². The van der Waals surface area contributed by atoms with Gasteiger partial charge in [-0.1, -0.05) is 0 Å². The molecule has 1 aliphatic carbocycles. The van der Waals surface area contributed by atoms with E-state index in [1.807, 2.05) is 0 Å². The monoisotopic (exact) mass is 239 g/mol. The molecule has 0 saturated heterocycles. The second-order valence-electron chi connectivity index (χ2n) is 1.66. The maximum atomic E-state index is 2.22. The zero-order valence-electron chi connectivity index (χ0n) is 4.90. The molecule has 0 radical (unpaired) electrons. The van der Waals surface area contributed by atoms with E-state index in [4.69, 9.17) is 0 Å². The van der Waals surface area contributed by atoms with Gasteiger partial charge >= 0.3 is 59.1 Å². The molecule has 1 rings (SSSR count). The number of hydrogen-bond acceptors (Lipinski definition) is 0. The SMILES string of the molecule is [Cl-].[Cl-].[Zr+2][C]1=CC=CCC1. The van der Waals surface area contributed by atoms with Crippen LogP contribution in [-0.4, -0.2) is 0 Å². The molecule has 1 aliphatic rings. The molecule has 49 valence electrons. The normalized spacial score (nSPS) is 15.1. The van der Waals surface area contributed by atoms with Crippen LogP contribution in [0.15, 0.2) is 21.5 Å². The average Bonchev–Trinajstić information content (AvgIpc) is 1.69. The molecule has 0 N–H and O–H groups in total. The third-order valence-corrected chi connectivity index (χ3v) is 2.04. The molecule has 0 heterocycles. The summed E-state index contributed by atoms with van der Waals surface area (Å²) >= 11 is 1.58. The van der Waals surface area contributed by atoms with Gasteiger partial charge in [-0.05, 0) is 0 Å². The molecule has 0 atom stereocenters. The molecule has 0 aliphatic heterocycles. The molecular weight excluding hydrogens is 234 g/mol. The predicted octanol–water partition coefficient (Wildman–Crippen LogP) is -4.22. The van der Waals surface area contributed by atoms with Gasteiger partial charge in [0.05, 0.1) is 0 Å². The van der Waals surface area contributed by atoms with Crippen molar-refractivity contribution in [3.63, 3.8) is 0 Å². The summed E-state index contributed by atoms with van der Waals surface area (Å²) in [5.74, 6) is 0. The number of rotatable bonds is 0. The summed E-state index contributed by atoms with van der Waals surface area (Å²) in [6.07, 6.45) is 9.13. The summed E-state index contributed by atoms with van der Waals surface area (Å²) in [5.41, 5.74) is 0. The Morgan fingerprint density at radius 2 is 2.00 bits per heavy atom. The van der Waals surface area contributed by atoms with Crippen LogP contribution in [0, 0.1) is 0 Å². The minimum atomic E-state index is 0. The third-order valence-electron chi connectivity index (χ3n) is 1.01. The van der Waals surface area contributed by atoms with Crippen molar-refractivity contribution in [1.82, 2.24) is 0 Å². The van der Waals surface area contributed by atoms with Crippen LogP contribution < -0.4 is 24.8 Å². The Morgan fingerprint density at radius 3 is 2.22 bits per heavy atom. The first kappa shape index (κ1) is 12.6. The fraction of sp³-hybridized carbons (Fsp3) is 0.333. The fourth-order valence-corrected chi connectivity index (χ4v) is 1.19. The van der Waals surface area contributed by atoms with Crippen LogP contribution in [0.4, 0.5) is 0 Å². The van der Waals surface area contributed by atoms with E-state index in [-0.39, 0.29) is 24.8 Å². The molecule has 0 unspecified atom stereocenters. The number of allylic oxidation sites excluding steroid dienone is 4. The van der Waals surface area contributed by atoms with Crippen molar-refractivity contribution in [1.29, 1.82) is 0 Å². The Balaban J connectivity index is 0. The Bertz CT molecular complexity index is 118.